The van der Waals surface area contributed by atoms with E-state index in [0.717, 1.165) is 45.0 Å². The number of piperazine rings is 1. The lowest BCUT2D eigenvalue weighted by atomic mass is 10.2. The van der Waals surface area contributed by atoms with Crippen molar-refractivity contribution >= 4 is 11.9 Å². The van der Waals surface area contributed by atoms with Gasteiger partial charge in [-0.3, -0.25) is 9.69 Å². The fourth-order valence-corrected chi connectivity index (χ4v) is 3.96. The molecular weight excluding hydrogens is 344 g/mol. The highest BCUT2D eigenvalue weighted by Crippen LogP contribution is 2.25. The minimum Gasteiger partial charge on any atom is -0.447 e. The third kappa shape index (κ3) is 3.80. The molecule has 0 unspecified atom stereocenters. The van der Waals surface area contributed by atoms with Crippen molar-refractivity contribution in [1.82, 2.24) is 24.8 Å². The van der Waals surface area contributed by atoms with E-state index in [4.69, 9.17) is 4.42 Å². The summed E-state index contributed by atoms with van der Waals surface area (Å²) in [5.41, 5.74) is 0.418. The molecule has 0 saturated carbocycles. The summed E-state index contributed by atoms with van der Waals surface area (Å²) >= 11 is 0. The van der Waals surface area contributed by atoms with E-state index in [1.165, 1.54) is 6.26 Å². The summed E-state index contributed by atoms with van der Waals surface area (Å²) < 4.78 is 5.59. The molecule has 144 valence electrons. The van der Waals surface area contributed by atoms with Crippen molar-refractivity contribution in [2.75, 3.05) is 31.1 Å². The first-order valence-corrected chi connectivity index (χ1v) is 9.63. The van der Waals surface area contributed by atoms with E-state index in [-0.39, 0.29) is 18.0 Å². The second kappa shape index (κ2) is 7.64. The molecule has 1 amide bonds. The zero-order valence-corrected chi connectivity index (χ0v) is 15.9. The Bertz CT molecular complexity index is 762. The van der Waals surface area contributed by atoms with Crippen molar-refractivity contribution < 1.29 is 9.21 Å². The van der Waals surface area contributed by atoms with Gasteiger partial charge < -0.3 is 14.2 Å². The standard InChI is InChI=1S/C19H26N6O2/c1-14-4-5-15(2)25(14)18(26)16-13-27-17(22-16)12-23-8-10-24(11-9-23)19-20-6-3-7-21-19/h3,6-7,13-15H,4-5,8-12H2,1-2H3/t14-,15-/m1/s1. The molecule has 0 aromatic carbocycles. The van der Waals surface area contributed by atoms with Gasteiger partial charge in [0.15, 0.2) is 5.69 Å². The molecule has 2 aromatic rings. The van der Waals surface area contributed by atoms with Crippen LogP contribution >= 0.6 is 0 Å². The molecule has 2 aliphatic rings. The molecule has 2 atom stereocenters. The fraction of sp³-hybridized carbons (Fsp3) is 0.579. The summed E-state index contributed by atoms with van der Waals surface area (Å²) in [6.07, 6.45) is 7.13. The maximum atomic E-state index is 12.7. The molecular formula is C19H26N6O2. The first kappa shape index (κ1) is 17.9. The quantitative estimate of drug-likeness (QED) is 0.812. The molecule has 2 aliphatic heterocycles. The van der Waals surface area contributed by atoms with E-state index >= 15 is 0 Å². The van der Waals surface area contributed by atoms with Crippen LogP contribution in [0.5, 0.6) is 0 Å². The molecule has 27 heavy (non-hydrogen) atoms. The number of rotatable bonds is 4. The van der Waals surface area contributed by atoms with Crippen LogP contribution in [0.25, 0.3) is 0 Å². The Morgan fingerprint density at radius 3 is 2.44 bits per heavy atom. The van der Waals surface area contributed by atoms with Gasteiger partial charge in [0, 0.05) is 50.7 Å². The van der Waals surface area contributed by atoms with Crippen LogP contribution in [0, 0.1) is 0 Å². The lowest BCUT2D eigenvalue weighted by Gasteiger charge is -2.33. The number of likely N-dealkylation sites (tertiary alicyclic amines) is 1. The van der Waals surface area contributed by atoms with Gasteiger partial charge in [0.2, 0.25) is 11.8 Å². The number of oxazole rings is 1. The molecule has 0 bridgehead atoms. The van der Waals surface area contributed by atoms with Gasteiger partial charge in [0.05, 0.1) is 6.54 Å². The largest absolute Gasteiger partial charge is 0.447 e. The van der Waals surface area contributed by atoms with E-state index < -0.39 is 0 Å². The molecule has 0 aliphatic carbocycles. The van der Waals surface area contributed by atoms with E-state index in [9.17, 15) is 4.79 Å². The van der Waals surface area contributed by atoms with Crippen LogP contribution < -0.4 is 4.90 Å². The summed E-state index contributed by atoms with van der Waals surface area (Å²) in [7, 11) is 0. The number of carbonyl (C=O) groups is 1. The maximum absolute atomic E-state index is 12.7. The van der Waals surface area contributed by atoms with Gasteiger partial charge in [0.1, 0.15) is 6.26 Å². The van der Waals surface area contributed by atoms with Crippen LogP contribution in [-0.4, -0.2) is 68.9 Å². The third-order valence-electron chi connectivity index (χ3n) is 5.52. The molecule has 8 heteroatoms. The fourth-order valence-electron chi connectivity index (χ4n) is 3.96. The summed E-state index contributed by atoms with van der Waals surface area (Å²) in [6, 6.07) is 2.35. The predicted molar refractivity (Wildman–Crippen MR) is 100 cm³/mol. The van der Waals surface area contributed by atoms with E-state index in [1.807, 2.05) is 11.0 Å². The number of carbonyl (C=O) groups excluding carboxylic acids is 1. The minimum atomic E-state index is -0.0199. The molecule has 4 heterocycles. The topological polar surface area (TPSA) is 78.6 Å². The summed E-state index contributed by atoms with van der Waals surface area (Å²) in [4.78, 5) is 32.2. The average Bonchev–Trinajstić information content (AvgIpc) is 3.29. The number of hydrogen-bond donors (Lipinski definition) is 0. The number of anilines is 1. The highest BCUT2D eigenvalue weighted by molar-refractivity contribution is 5.92. The lowest BCUT2D eigenvalue weighted by Crippen LogP contribution is -2.46. The van der Waals surface area contributed by atoms with Gasteiger partial charge >= 0.3 is 0 Å². The Morgan fingerprint density at radius 1 is 1.11 bits per heavy atom. The molecule has 4 rings (SSSR count). The predicted octanol–water partition coefficient (Wildman–Crippen LogP) is 1.80. The van der Waals surface area contributed by atoms with E-state index in [1.54, 1.807) is 12.4 Å². The van der Waals surface area contributed by atoms with Crippen LogP contribution in [-0.2, 0) is 6.54 Å². The monoisotopic (exact) mass is 370 g/mol. The first-order chi connectivity index (χ1) is 13.1. The Labute approximate surface area is 159 Å². The average molecular weight is 370 g/mol. The van der Waals surface area contributed by atoms with E-state index in [2.05, 4.69) is 38.6 Å². The van der Waals surface area contributed by atoms with Crippen molar-refractivity contribution in [3.05, 3.63) is 36.3 Å². The highest BCUT2D eigenvalue weighted by Gasteiger charge is 2.33. The Morgan fingerprint density at radius 2 is 1.78 bits per heavy atom. The Hall–Kier alpha value is -2.48. The second-order valence-electron chi connectivity index (χ2n) is 7.43. The van der Waals surface area contributed by atoms with Crippen molar-refractivity contribution in [2.24, 2.45) is 0 Å². The molecule has 0 radical (unpaired) electrons. The normalized spacial score (nSPS) is 23.8. The number of amides is 1. The number of nitrogens with zero attached hydrogens (tertiary/aromatic N) is 6. The van der Waals surface area contributed by atoms with Gasteiger partial charge in [-0.25, -0.2) is 15.0 Å². The number of aromatic nitrogens is 3. The van der Waals surface area contributed by atoms with Gasteiger partial charge in [-0.1, -0.05) is 0 Å². The Balaban J connectivity index is 1.33. The SMILES string of the molecule is C[C@@H]1CC[C@@H](C)N1C(=O)c1coc(CN2CCN(c3ncccn3)CC2)n1. The van der Waals surface area contributed by atoms with Crippen LogP contribution in [0.15, 0.2) is 29.1 Å². The van der Waals surface area contributed by atoms with Crippen LogP contribution in [0.4, 0.5) is 5.95 Å². The molecule has 8 nitrogen and oxygen atoms in total. The zero-order valence-electron chi connectivity index (χ0n) is 15.9. The third-order valence-corrected chi connectivity index (χ3v) is 5.52. The van der Waals surface area contributed by atoms with Gasteiger partial charge in [-0.2, -0.15) is 0 Å². The lowest BCUT2D eigenvalue weighted by molar-refractivity contribution is 0.0686. The first-order valence-electron chi connectivity index (χ1n) is 9.63. The Kier molecular flexibility index (Phi) is 5.07. The van der Waals surface area contributed by atoms with Crippen molar-refractivity contribution in [1.29, 1.82) is 0 Å². The van der Waals surface area contributed by atoms with Crippen LogP contribution in [0.1, 0.15) is 43.1 Å². The van der Waals surface area contributed by atoms with Crippen LogP contribution in [0.2, 0.25) is 0 Å². The highest BCUT2D eigenvalue weighted by atomic mass is 16.3. The van der Waals surface area contributed by atoms with Crippen molar-refractivity contribution in [3.63, 3.8) is 0 Å². The molecule has 0 spiro atoms. The summed E-state index contributed by atoms with van der Waals surface area (Å²) in [5.74, 6) is 1.35. The summed E-state index contributed by atoms with van der Waals surface area (Å²) in [5, 5.41) is 0. The molecule has 2 aromatic heterocycles. The second-order valence-corrected chi connectivity index (χ2v) is 7.43. The molecule has 0 N–H and O–H groups in total. The minimum absolute atomic E-state index is 0.0199. The van der Waals surface area contributed by atoms with Gasteiger partial charge in [0.25, 0.3) is 5.91 Å². The smallest absolute Gasteiger partial charge is 0.276 e. The van der Waals surface area contributed by atoms with Gasteiger partial charge in [-0.15, -0.1) is 0 Å². The van der Waals surface area contributed by atoms with Gasteiger partial charge in [-0.05, 0) is 32.8 Å². The van der Waals surface area contributed by atoms with Crippen LogP contribution in [0.3, 0.4) is 0 Å². The zero-order chi connectivity index (χ0) is 18.8. The molecule has 2 saturated heterocycles. The maximum Gasteiger partial charge on any atom is 0.276 e. The summed E-state index contributed by atoms with van der Waals surface area (Å²) in [6.45, 7) is 8.28. The van der Waals surface area contributed by atoms with Crippen molar-refractivity contribution in [3.8, 4) is 0 Å². The molecule has 2 fully saturated rings. The number of hydrogen-bond acceptors (Lipinski definition) is 7. The van der Waals surface area contributed by atoms with E-state index in [0.29, 0.717) is 18.1 Å². The van der Waals surface area contributed by atoms with Crippen molar-refractivity contribution in [2.45, 2.75) is 45.3 Å².